The number of benzene rings is 1. The highest BCUT2D eigenvalue weighted by atomic mass is 19.3. The van der Waals surface area contributed by atoms with E-state index >= 15 is 0 Å². The topological polar surface area (TPSA) is 100 Å². The number of esters is 1. The molecule has 2 heterocycles. The van der Waals surface area contributed by atoms with Crippen LogP contribution < -0.4 is 19.5 Å². The highest BCUT2D eigenvalue weighted by Gasteiger charge is 2.32. The third-order valence-corrected chi connectivity index (χ3v) is 5.56. The van der Waals surface area contributed by atoms with Gasteiger partial charge in [-0.2, -0.15) is 8.78 Å². The van der Waals surface area contributed by atoms with Crippen LogP contribution in [0.5, 0.6) is 17.2 Å². The number of hydrogen-bond acceptors (Lipinski definition) is 7. The quantitative estimate of drug-likeness (QED) is 0.414. The molecule has 1 saturated carbocycles. The lowest BCUT2D eigenvalue weighted by Crippen LogP contribution is -2.39. The summed E-state index contributed by atoms with van der Waals surface area (Å²) < 4.78 is 49.1. The van der Waals surface area contributed by atoms with Crippen LogP contribution in [0.1, 0.15) is 44.0 Å². The number of pyridine rings is 1. The standard InChI is InChI=1S/C25H27F2N3O6/c1-5-34-23(32)25(2,3)36-16-8-9-30-17(13-28-20(30)12-16)14-10-18(33-4)21(19(11-14)35-24(26)27)22(31)29-15-6-7-15/h8-13,15,24H,5-7H2,1-4H3,(H,29,31). The zero-order chi connectivity index (χ0) is 26.0. The number of imidazole rings is 1. The van der Waals surface area contributed by atoms with Gasteiger partial charge in [0.15, 0.2) is 5.60 Å². The number of hydrogen-bond donors (Lipinski definition) is 1. The van der Waals surface area contributed by atoms with Gasteiger partial charge in [0.1, 0.15) is 28.5 Å². The lowest BCUT2D eigenvalue weighted by Gasteiger charge is -2.24. The number of aromatic nitrogens is 2. The summed E-state index contributed by atoms with van der Waals surface area (Å²) in [7, 11) is 1.35. The van der Waals surface area contributed by atoms with Crippen molar-refractivity contribution in [3.63, 3.8) is 0 Å². The number of halogens is 2. The molecule has 1 aliphatic carbocycles. The Morgan fingerprint density at radius 3 is 2.58 bits per heavy atom. The van der Waals surface area contributed by atoms with Crippen LogP contribution in [0, 0.1) is 0 Å². The zero-order valence-electron chi connectivity index (χ0n) is 20.3. The monoisotopic (exact) mass is 503 g/mol. The summed E-state index contributed by atoms with van der Waals surface area (Å²) in [6.07, 6.45) is 4.88. The molecule has 2 aromatic heterocycles. The maximum absolute atomic E-state index is 13.2. The van der Waals surface area contributed by atoms with Crippen LogP contribution in [-0.4, -0.2) is 53.2 Å². The highest BCUT2D eigenvalue weighted by Crippen LogP contribution is 2.37. The molecule has 1 N–H and O–H groups in total. The average Bonchev–Trinajstić information content (AvgIpc) is 3.53. The van der Waals surface area contributed by atoms with E-state index in [1.54, 1.807) is 55.8 Å². The molecule has 0 unspecified atom stereocenters. The Morgan fingerprint density at radius 1 is 1.22 bits per heavy atom. The van der Waals surface area contributed by atoms with Crippen molar-refractivity contribution in [3.8, 4) is 28.5 Å². The first-order chi connectivity index (χ1) is 17.1. The summed E-state index contributed by atoms with van der Waals surface area (Å²) >= 11 is 0. The molecule has 192 valence electrons. The summed E-state index contributed by atoms with van der Waals surface area (Å²) in [5.74, 6) is -0.862. The van der Waals surface area contributed by atoms with Gasteiger partial charge in [-0.05, 0) is 51.8 Å². The fraction of sp³-hybridized carbons (Fsp3) is 0.400. The number of carbonyl (C=O) groups excluding carboxylic acids is 2. The van der Waals surface area contributed by atoms with Crippen molar-refractivity contribution in [1.29, 1.82) is 0 Å². The molecular formula is C25H27F2N3O6. The molecular weight excluding hydrogens is 476 g/mol. The molecule has 1 aliphatic rings. The molecule has 1 amide bonds. The van der Waals surface area contributed by atoms with E-state index in [1.165, 1.54) is 13.2 Å². The van der Waals surface area contributed by atoms with Crippen LogP contribution in [0.25, 0.3) is 16.9 Å². The van der Waals surface area contributed by atoms with Gasteiger partial charge >= 0.3 is 12.6 Å². The molecule has 0 spiro atoms. The van der Waals surface area contributed by atoms with Crippen molar-refractivity contribution in [2.75, 3.05) is 13.7 Å². The lowest BCUT2D eigenvalue weighted by atomic mass is 10.1. The van der Waals surface area contributed by atoms with Crippen LogP contribution in [0.2, 0.25) is 0 Å². The lowest BCUT2D eigenvalue weighted by molar-refractivity contribution is -0.158. The Hall–Kier alpha value is -3.89. The van der Waals surface area contributed by atoms with Crippen molar-refractivity contribution in [3.05, 3.63) is 42.2 Å². The Morgan fingerprint density at radius 2 is 1.94 bits per heavy atom. The molecule has 36 heavy (non-hydrogen) atoms. The number of carbonyl (C=O) groups is 2. The van der Waals surface area contributed by atoms with Crippen LogP contribution >= 0.6 is 0 Å². The number of rotatable bonds is 10. The molecule has 9 nitrogen and oxygen atoms in total. The molecule has 0 aliphatic heterocycles. The van der Waals surface area contributed by atoms with E-state index in [0.717, 1.165) is 12.8 Å². The van der Waals surface area contributed by atoms with Crippen molar-refractivity contribution >= 4 is 17.5 Å². The van der Waals surface area contributed by atoms with E-state index in [9.17, 15) is 18.4 Å². The molecule has 1 fully saturated rings. The van der Waals surface area contributed by atoms with Gasteiger partial charge < -0.3 is 24.3 Å². The average molecular weight is 504 g/mol. The van der Waals surface area contributed by atoms with E-state index in [4.69, 9.17) is 18.9 Å². The van der Waals surface area contributed by atoms with E-state index < -0.39 is 24.1 Å². The molecule has 0 saturated heterocycles. The number of fused-ring (bicyclic) bond motifs is 1. The van der Waals surface area contributed by atoms with E-state index in [2.05, 4.69) is 10.3 Å². The smallest absolute Gasteiger partial charge is 0.387 e. The summed E-state index contributed by atoms with van der Waals surface area (Å²) in [6, 6.07) is 6.22. The third kappa shape index (κ3) is 5.34. The summed E-state index contributed by atoms with van der Waals surface area (Å²) in [4.78, 5) is 29.3. The second-order valence-electron chi connectivity index (χ2n) is 8.74. The number of alkyl halides is 2. The number of nitrogens with zero attached hydrogens (tertiary/aromatic N) is 2. The Labute approximate surface area is 206 Å². The van der Waals surface area contributed by atoms with Gasteiger partial charge in [-0.1, -0.05) is 0 Å². The molecule has 11 heteroatoms. The Kier molecular flexibility index (Phi) is 7.00. The van der Waals surface area contributed by atoms with Crippen LogP contribution in [0.4, 0.5) is 8.78 Å². The fourth-order valence-electron chi connectivity index (χ4n) is 3.68. The van der Waals surface area contributed by atoms with Gasteiger partial charge in [-0.25, -0.2) is 9.78 Å². The van der Waals surface area contributed by atoms with E-state index in [1.807, 2.05) is 0 Å². The summed E-state index contributed by atoms with van der Waals surface area (Å²) in [6.45, 7) is 2.01. The largest absolute Gasteiger partial charge is 0.496 e. The molecule has 0 atom stereocenters. The van der Waals surface area contributed by atoms with Crippen LogP contribution in [-0.2, 0) is 9.53 Å². The fourth-order valence-corrected chi connectivity index (χ4v) is 3.68. The van der Waals surface area contributed by atoms with Crippen molar-refractivity contribution in [1.82, 2.24) is 14.7 Å². The Bertz CT molecular complexity index is 1290. The first-order valence-corrected chi connectivity index (χ1v) is 11.4. The van der Waals surface area contributed by atoms with Gasteiger partial charge in [0.25, 0.3) is 5.91 Å². The van der Waals surface area contributed by atoms with E-state index in [-0.39, 0.29) is 29.7 Å². The molecule has 1 aromatic carbocycles. The predicted molar refractivity (Wildman–Crippen MR) is 126 cm³/mol. The van der Waals surface area contributed by atoms with Crippen molar-refractivity contribution < 1.29 is 37.3 Å². The number of ether oxygens (including phenoxy) is 4. The minimum absolute atomic E-state index is 0.0188. The number of nitrogens with one attached hydrogen (secondary N) is 1. The molecule has 0 radical (unpaired) electrons. The highest BCUT2D eigenvalue weighted by molar-refractivity contribution is 6.01. The minimum atomic E-state index is -3.14. The van der Waals surface area contributed by atoms with Gasteiger partial charge in [0, 0.05) is 23.9 Å². The maximum Gasteiger partial charge on any atom is 0.387 e. The summed E-state index contributed by atoms with van der Waals surface area (Å²) in [5.41, 5.74) is 0.147. The van der Waals surface area contributed by atoms with Gasteiger partial charge in [-0.15, -0.1) is 0 Å². The van der Waals surface area contributed by atoms with Crippen molar-refractivity contribution in [2.45, 2.75) is 51.9 Å². The van der Waals surface area contributed by atoms with Crippen molar-refractivity contribution in [2.24, 2.45) is 0 Å². The summed E-state index contributed by atoms with van der Waals surface area (Å²) in [5, 5.41) is 2.77. The second-order valence-corrected chi connectivity index (χ2v) is 8.74. The molecule has 3 aromatic rings. The van der Waals surface area contributed by atoms with Gasteiger partial charge in [0.2, 0.25) is 0 Å². The van der Waals surface area contributed by atoms with Crippen LogP contribution in [0.3, 0.4) is 0 Å². The predicted octanol–water partition coefficient (Wildman–Crippen LogP) is 4.22. The normalized spacial score (nSPS) is 13.5. The maximum atomic E-state index is 13.2. The molecule has 4 rings (SSSR count). The van der Waals surface area contributed by atoms with Gasteiger partial charge in [0.05, 0.1) is 25.6 Å². The minimum Gasteiger partial charge on any atom is -0.496 e. The third-order valence-electron chi connectivity index (χ3n) is 5.56. The zero-order valence-corrected chi connectivity index (χ0v) is 20.3. The first kappa shape index (κ1) is 25.2. The van der Waals surface area contributed by atoms with E-state index in [0.29, 0.717) is 22.7 Å². The Balaban J connectivity index is 1.70. The number of amides is 1. The second kappa shape index (κ2) is 10.00. The first-order valence-electron chi connectivity index (χ1n) is 11.4. The number of methoxy groups -OCH3 is 1. The SMILES string of the molecule is CCOC(=O)C(C)(C)Oc1ccn2c(-c3cc(OC)c(C(=O)NC4CC4)c(OC(F)F)c3)cnc2c1. The van der Waals surface area contributed by atoms with Crippen LogP contribution in [0.15, 0.2) is 36.7 Å². The molecule has 0 bridgehead atoms. The van der Waals surface area contributed by atoms with Gasteiger partial charge in [-0.3, -0.25) is 9.20 Å².